The molecule has 2 aromatic rings. The Morgan fingerprint density at radius 3 is 3.00 bits per heavy atom. The first-order valence-electron chi connectivity index (χ1n) is 9.07. The fraction of sp³-hybridized carbons (Fsp3) is 0.450. The predicted octanol–water partition coefficient (Wildman–Crippen LogP) is 4.25. The number of hydrogen-bond donors (Lipinski definition) is 2. The van der Waals surface area contributed by atoms with Gasteiger partial charge < -0.3 is 19.9 Å². The number of aliphatic hydroxyl groups is 1. The summed E-state index contributed by atoms with van der Waals surface area (Å²) < 4.78 is 25.0. The summed E-state index contributed by atoms with van der Waals surface area (Å²) >= 11 is 5.95. The highest BCUT2D eigenvalue weighted by Gasteiger charge is 2.29. The first-order chi connectivity index (χ1) is 13.0. The predicted molar refractivity (Wildman–Crippen MR) is 102 cm³/mol. The quantitative estimate of drug-likeness (QED) is 0.735. The van der Waals surface area contributed by atoms with Gasteiger partial charge >= 0.3 is 0 Å². The maximum Gasteiger partial charge on any atom is 0.147 e. The molecule has 3 rings (SSSR count). The van der Waals surface area contributed by atoms with Crippen LogP contribution in [-0.4, -0.2) is 35.5 Å². The maximum absolute atomic E-state index is 13.8. The van der Waals surface area contributed by atoms with Gasteiger partial charge in [0.1, 0.15) is 17.3 Å². The van der Waals surface area contributed by atoms with Crippen LogP contribution < -0.4 is 10.1 Å². The molecule has 2 N–H and O–H groups in total. The zero-order valence-electron chi connectivity index (χ0n) is 15.3. The minimum absolute atomic E-state index is 0.170. The van der Waals surface area contributed by atoms with Crippen molar-refractivity contribution in [3.63, 3.8) is 0 Å². The lowest BCUT2D eigenvalue weighted by Crippen LogP contribution is -2.41. The van der Waals surface area contributed by atoms with Gasteiger partial charge in [0.15, 0.2) is 0 Å². The molecule has 1 aliphatic heterocycles. The summed E-state index contributed by atoms with van der Waals surface area (Å²) in [5.74, 6) is 0.672. The Balaban J connectivity index is 1.66. The van der Waals surface area contributed by atoms with Gasteiger partial charge in [0.2, 0.25) is 0 Å². The SMILES string of the molecule is CC(NCCC1(O)CCCOC1)c1cc(F)ccc1Oc1cncc(Cl)c1. The smallest absolute Gasteiger partial charge is 0.147 e. The highest BCUT2D eigenvalue weighted by Crippen LogP contribution is 2.31. The number of nitrogens with one attached hydrogen (secondary N) is 1. The summed E-state index contributed by atoms with van der Waals surface area (Å²) in [5, 5.41) is 14.3. The van der Waals surface area contributed by atoms with Gasteiger partial charge in [-0.05, 0) is 50.9 Å². The molecule has 0 amide bonds. The van der Waals surface area contributed by atoms with E-state index in [0.29, 0.717) is 48.3 Å². The van der Waals surface area contributed by atoms with Crippen molar-refractivity contribution in [2.75, 3.05) is 19.8 Å². The normalized spacial score (nSPS) is 21.0. The molecule has 1 saturated heterocycles. The highest BCUT2D eigenvalue weighted by atomic mass is 35.5. The Bertz CT molecular complexity index is 769. The lowest BCUT2D eigenvalue weighted by molar-refractivity contribution is -0.0892. The van der Waals surface area contributed by atoms with Crippen LogP contribution in [0.2, 0.25) is 5.02 Å². The summed E-state index contributed by atoms with van der Waals surface area (Å²) in [5.41, 5.74) is -0.111. The van der Waals surface area contributed by atoms with Crippen LogP contribution in [0.4, 0.5) is 4.39 Å². The second-order valence-electron chi connectivity index (χ2n) is 6.93. The molecule has 1 aromatic heterocycles. The molecule has 0 spiro atoms. The largest absolute Gasteiger partial charge is 0.455 e. The third-order valence-corrected chi connectivity index (χ3v) is 4.90. The number of halogens is 2. The second kappa shape index (κ2) is 8.97. The molecule has 2 heterocycles. The standard InChI is InChI=1S/C20H24ClFN2O3/c1-14(24-7-6-20(25)5-2-8-26-13-20)18-10-16(22)3-4-19(18)27-17-9-15(21)11-23-12-17/h3-4,9-12,14,24-25H,2,5-8,13H2,1H3. The van der Waals surface area contributed by atoms with Crippen LogP contribution in [-0.2, 0) is 4.74 Å². The van der Waals surface area contributed by atoms with Crippen LogP contribution in [0.5, 0.6) is 11.5 Å². The lowest BCUT2D eigenvalue weighted by atomic mass is 9.93. The minimum Gasteiger partial charge on any atom is -0.455 e. The van der Waals surface area contributed by atoms with E-state index in [4.69, 9.17) is 21.1 Å². The van der Waals surface area contributed by atoms with Crippen LogP contribution in [0.1, 0.15) is 37.8 Å². The average Bonchev–Trinajstić information content (AvgIpc) is 2.63. The van der Waals surface area contributed by atoms with E-state index in [1.807, 2.05) is 6.92 Å². The van der Waals surface area contributed by atoms with E-state index in [1.54, 1.807) is 18.3 Å². The van der Waals surface area contributed by atoms with E-state index < -0.39 is 5.60 Å². The van der Waals surface area contributed by atoms with Crippen LogP contribution >= 0.6 is 11.6 Å². The van der Waals surface area contributed by atoms with Crippen molar-refractivity contribution >= 4 is 11.6 Å². The van der Waals surface area contributed by atoms with Crippen LogP contribution in [0.3, 0.4) is 0 Å². The zero-order chi connectivity index (χ0) is 19.3. The van der Waals surface area contributed by atoms with Gasteiger partial charge in [0, 0.05) is 30.5 Å². The van der Waals surface area contributed by atoms with Crippen molar-refractivity contribution in [1.82, 2.24) is 10.3 Å². The number of rotatable bonds is 7. The van der Waals surface area contributed by atoms with Gasteiger partial charge in [-0.1, -0.05) is 11.6 Å². The number of hydrogen-bond acceptors (Lipinski definition) is 5. The molecule has 27 heavy (non-hydrogen) atoms. The number of nitrogens with zero attached hydrogens (tertiary/aromatic N) is 1. The van der Waals surface area contributed by atoms with Gasteiger partial charge in [-0.15, -0.1) is 0 Å². The molecule has 146 valence electrons. The third-order valence-electron chi connectivity index (χ3n) is 4.69. The number of ether oxygens (including phenoxy) is 2. The Hall–Kier alpha value is -1.73. The van der Waals surface area contributed by atoms with E-state index in [9.17, 15) is 9.50 Å². The molecule has 1 aromatic carbocycles. The van der Waals surface area contributed by atoms with Crippen molar-refractivity contribution in [2.24, 2.45) is 0 Å². The van der Waals surface area contributed by atoms with Crippen molar-refractivity contribution in [3.05, 3.63) is 53.1 Å². The monoisotopic (exact) mass is 394 g/mol. The van der Waals surface area contributed by atoms with Crippen LogP contribution in [0.25, 0.3) is 0 Å². The molecule has 0 bridgehead atoms. The summed E-state index contributed by atoms with van der Waals surface area (Å²) in [6.07, 6.45) is 5.24. The van der Waals surface area contributed by atoms with Crippen LogP contribution in [0, 0.1) is 5.82 Å². The molecule has 2 atom stereocenters. The van der Waals surface area contributed by atoms with Gasteiger partial charge in [-0.25, -0.2) is 4.39 Å². The number of pyridine rings is 1. The van der Waals surface area contributed by atoms with Crippen molar-refractivity contribution in [1.29, 1.82) is 0 Å². The van der Waals surface area contributed by atoms with Gasteiger partial charge in [-0.3, -0.25) is 4.98 Å². The molecule has 5 nitrogen and oxygen atoms in total. The van der Waals surface area contributed by atoms with Crippen molar-refractivity contribution < 1.29 is 19.0 Å². The fourth-order valence-corrected chi connectivity index (χ4v) is 3.36. The first-order valence-corrected chi connectivity index (χ1v) is 9.44. The van der Waals surface area contributed by atoms with E-state index in [1.165, 1.54) is 18.3 Å². The molecule has 1 aliphatic rings. The molecule has 1 fully saturated rings. The zero-order valence-corrected chi connectivity index (χ0v) is 16.0. The minimum atomic E-state index is -0.793. The van der Waals surface area contributed by atoms with Crippen LogP contribution in [0.15, 0.2) is 36.7 Å². The molecule has 2 unspecified atom stereocenters. The first kappa shape index (κ1) is 20.0. The number of benzene rings is 1. The summed E-state index contributed by atoms with van der Waals surface area (Å²) in [7, 11) is 0. The summed E-state index contributed by atoms with van der Waals surface area (Å²) in [4.78, 5) is 4.00. The molecule has 0 aliphatic carbocycles. The summed E-state index contributed by atoms with van der Waals surface area (Å²) in [6, 6.07) is 5.87. The lowest BCUT2D eigenvalue weighted by Gasteiger charge is -2.32. The molecule has 7 heteroatoms. The van der Waals surface area contributed by atoms with Gasteiger partial charge in [0.25, 0.3) is 0 Å². The van der Waals surface area contributed by atoms with Crippen molar-refractivity contribution in [2.45, 2.75) is 37.8 Å². The third kappa shape index (κ3) is 5.62. The number of aromatic nitrogens is 1. The van der Waals surface area contributed by atoms with Gasteiger partial charge in [-0.2, -0.15) is 0 Å². The molecular weight excluding hydrogens is 371 g/mol. The molecule has 0 radical (unpaired) electrons. The Labute approximate surface area is 163 Å². The topological polar surface area (TPSA) is 63.6 Å². The molecular formula is C20H24ClFN2O3. The Morgan fingerprint density at radius 2 is 2.26 bits per heavy atom. The average molecular weight is 395 g/mol. The van der Waals surface area contributed by atoms with E-state index >= 15 is 0 Å². The second-order valence-corrected chi connectivity index (χ2v) is 7.37. The van der Waals surface area contributed by atoms with E-state index in [-0.39, 0.29) is 11.9 Å². The fourth-order valence-electron chi connectivity index (χ4n) is 3.19. The van der Waals surface area contributed by atoms with E-state index in [0.717, 1.165) is 12.8 Å². The highest BCUT2D eigenvalue weighted by molar-refractivity contribution is 6.30. The Morgan fingerprint density at radius 1 is 1.41 bits per heavy atom. The molecule has 0 saturated carbocycles. The van der Waals surface area contributed by atoms with Gasteiger partial charge in [0.05, 0.1) is 23.4 Å². The van der Waals surface area contributed by atoms with E-state index in [2.05, 4.69) is 10.3 Å². The van der Waals surface area contributed by atoms with Crippen molar-refractivity contribution in [3.8, 4) is 11.5 Å². The maximum atomic E-state index is 13.8. The Kier molecular flexibility index (Phi) is 6.65. The summed E-state index contributed by atoms with van der Waals surface area (Å²) in [6.45, 7) is 3.57.